The minimum Gasteiger partial charge on any atom is -0.481 e. The highest BCUT2D eigenvalue weighted by molar-refractivity contribution is 7.09. The topological polar surface area (TPSA) is 53.4 Å². The van der Waals surface area contributed by atoms with Gasteiger partial charge in [0.2, 0.25) is 0 Å². The summed E-state index contributed by atoms with van der Waals surface area (Å²) < 4.78 is 0. The second kappa shape index (κ2) is 6.52. The van der Waals surface area contributed by atoms with Gasteiger partial charge in [-0.15, -0.1) is 11.3 Å². The molecule has 1 unspecified atom stereocenters. The molecule has 0 amide bonds. The molecule has 0 saturated heterocycles. The standard InChI is InChI=1S/C15H18N2O2S/c1-11-5-3-4-6-13(11)17(8-7-15(18)19)12(2)14-9-16-10-20-14/h3-6,9-10,12H,7-8H2,1-2H3,(H,18,19). The van der Waals surface area contributed by atoms with Crippen LogP contribution >= 0.6 is 11.3 Å². The number of aromatic nitrogens is 1. The molecule has 1 atom stereocenters. The number of nitrogens with zero attached hydrogens (tertiary/aromatic N) is 2. The fourth-order valence-electron chi connectivity index (χ4n) is 2.21. The minimum absolute atomic E-state index is 0.114. The Balaban J connectivity index is 2.29. The highest BCUT2D eigenvalue weighted by Crippen LogP contribution is 2.31. The highest BCUT2D eigenvalue weighted by atomic mass is 32.1. The molecule has 1 aromatic heterocycles. The first-order valence-corrected chi connectivity index (χ1v) is 7.40. The fourth-order valence-corrected chi connectivity index (χ4v) is 2.90. The van der Waals surface area contributed by atoms with Crippen molar-refractivity contribution >= 4 is 23.0 Å². The van der Waals surface area contributed by atoms with E-state index < -0.39 is 5.97 Å². The third-order valence-corrected chi connectivity index (χ3v) is 4.27. The Morgan fingerprint density at radius 2 is 2.20 bits per heavy atom. The lowest BCUT2D eigenvalue weighted by molar-refractivity contribution is -0.136. The summed E-state index contributed by atoms with van der Waals surface area (Å²) in [6.07, 6.45) is 1.97. The van der Waals surface area contributed by atoms with Crippen LogP contribution in [0, 0.1) is 6.92 Å². The van der Waals surface area contributed by atoms with Crippen molar-refractivity contribution in [3.8, 4) is 0 Å². The molecule has 1 heterocycles. The number of carboxylic acids is 1. The molecule has 0 fully saturated rings. The zero-order valence-corrected chi connectivity index (χ0v) is 12.4. The summed E-state index contributed by atoms with van der Waals surface area (Å²) in [6.45, 7) is 4.61. The average molecular weight is 290 g/mol. The maximum atomic E-state index is 10.9. The second-order valence-corrected chi connectivity index (χ2v) is 5.62. The number of thiazole rings is 1. The van der Waals surface area contributed by atoms with Crippen molar-refractivity contribution in [3.63, 3.8) is 0 Å². The first-order chi connectivity index (χ1) is 9.59. The van der Waals surface area contributed by atoms with E-state index in [4.69, 9.17) is 5.11 Å². The fraction of sp³-hybridized carbons (Fsp3) is 0.333. The van der Waals surface area contributed by atoms with Gasteiger partial charge in [0, 0.05) is 23.3 Å². The summed E-state index contributed by atoms with van der Waals surface area (Å²) in [5.41, 5.74) is 4.03. The molecule has 0 aliphatic carbocycles. The largest absolute Gasteiger partial charge is 0.481 e. The maximum absolute atomic E-state index is 10.9. The number of benzene rings is 1. The van der Waals surface area contributed by atoms with Crippen molar-refractivity contribution in [2.24, 2.45) is 0 Å². The Morgan fingerprint density at radius 1 is 1.45 bits per heavy atom. The molecule has 1 aromatic carbocycles. The predicted molar refractivity (Wildman–Crippen MR) is 81.3 cm³/mol. The van der Waals surface area contributed by atoms with Crippen LogP contribution in [-0.2, 0) is 4.79 Å². The number of para-hydroxylation sites is 1. The van der Waals surface area contributed by atoms with E-state index >= 15 is 0 Å². The number of hydrogen-bond donors (Lipinski definition) is 1. The van der Waals surface area contributed by atoms with E-state index in [1.165, 1.54) is 0 Å². The zero-order valence-electron chi connectivity index (χ0n) is 11.6. The number of carbonyl (C=O) groups is 1. The van der Waals surface area contributed by atoms with Gasteiger partial charge >= 0.3 is 5.97 Å². The lowest BCUT2D eigenvalue weighted by Crippen LogP contribution is -2.29. The van der Waals surface area contributed by atoms with Gasteiger partial charge in [-0.25, -0.2) is 0 Å². The van der Waals surface area contributed by atoms with E-state index in [0.717, 1.165) is 16.1 Å². The molecule has 2 rings (SSSR count). The van der Waals surface area contributed by atoms with Crippen LogP contribution < -0.4 is 4.90 Å². The van der Waals surface area contributed by atoms with Gasteiger partial charge in [0.15, 0.2) is 0 Å². The Bertz CT molecular complexity index is 569. The quantitative estimate of drug-likeness (QED) is 0.884. The van der Waals surface area contributed by atoms with Crippen LogP contribution in [0.5, 0.6) is 0 Å². The van der Waals surface area contributed by atoms with Crippen LogP contribution in [-0.4, -0.2) is 22.6 Å². The summed E-state index contributed by atoms with van der Waals surface area (Å²) in [5.74, 6) is -0.778. The molecular formula is C15H18N2O2S. The first kappa shape index (κ1) is 14.5. The summed E-state index contributed by atoms with van der Waals surface area (Å²) in [6, 6.07) is 8.17. The molecule has 0 aliphatic rings. The summed E-state index contributed by atoms with van der Waals surface area (Å²) >= 11 is 1.59. The SMILES string of the molecule is Cc1ccccc1N(CCC(=O)O)C(C)c1cncs1. The van der Waals surface area contributed by atoms with Crippen LogP contribution in [0.25, 0.3) is 0 Å². The van der Waals surface area contributed by atoms with E-state index in [1.54, 1.807) is 16.8 Å². The van der Waals surface area contributed by atoms with E-state index in [2.05, 4.69) is 16.8 Å². The number of anilines is 1. The van der Waals surface area contributed by atoms with E-state index in [-0.39, 0.29) is 12.5 Å². The number of rotatable bonds is 6. The summed E-state index contributed by atoms with van der Waals surface area (Å²) in [4.78, 5) is 18.3. The van der Waals surface area contributed by atoms with Crippen LogP contribution in [0.1, 0.15) is 29.8 Å². The third kappa shape index (κ3) is 3.36. The molecule has 0 saturated carbocycles. The van der Waals surface area contributed by atoms with Gasteiger partial charge in [0.1, 0.15) is 0 Å². The van der Waals surface area contributed by atoms with Gasteiger partial charge in [-0.3, -0.25) is 9.78 Å². The lowest BCUT2D eigenvalue weighted by atomic mass is 10.1. The van der Waals surface area contributed by atoms with Crippen molar-refractivity contribution in [1.29, 1.82) is 0 Å². The molecule has 20 heavy (non-hydrogen) atoms. The van der Waals surface area contributed by atoms with Gasteiger partial charge in [0.25, 0.3) is 0 Å². The summed E-state index contributed by atoms with van der Waals surface area (Å²) in [7, 11) is 0. The van der Waals surface area contributed by atoms with Crippen LogP contribution in [0.2, 0.25) is 0 Å². The molecule has 2 aromatic rings. The normalized spacial score (nSPS) is 12.1. The van der Waals surface area contributed by atoms with Gasteiger partial charge in [-0.2, -0.15) is 0 Å². The Labute approximate surface area is 122 Å². The third-order valence-electron chi connectivity index (χ3n) is 3.32. The van der Waals surface area contributed by atoms with Gasteiger partial charge in [0.05, 0.1) is 18.0 Å². The zero-order chi connectivity index (χ0) is 14.5. The number of carboxylic acid groups (broad SMARTS) is 1. The van der Waals surface area contributed by atoms with Gasteiger partial charge in [-0.1, -0.05) is 18.2 Å². The van der Waals surface area contributed by atoms with Crippen molar-refractivity contribution in [2.45, 2.75) is 26.3 Å². The van der Waals surface area contributed by atoms with Crippen LogP contribution in [0.4, 0.5) is 5.69 Å². The predicted octanol–water partition coefficient (Wildman–Crippen LogP) is 3.49. The minimum atomic E-state index is -0.778. The Hall–Kier alpha value is -1.88. The van der Waals surface area contributed by atoms with Crippen molar-refractivity contribution in [2.75, 3.05) is 11.4 Å². The molecule has 106 valence electrons. The Kier molecular flexibility index (Phi) is 4.74. The first-order valence-electron chi connectivity index (χ1n) is 6.52. The van der Waals surface area contributed by atoms with Gasteiger partial charge < -0.3 is 10.0 Å². The van der Waals surface area contributed by atoms with Crippen molar-refractivity contribution in [3.05, 3.63) is 46.4 Å². The van der Waals surface area contributed by atoms with Crippen LogP contribution in [0.15, 0.2) is 36.0 Å². The van der Waals surface area contributed by atoms with Crippen molar-refractivity contribution < 1.29 is 9.90 Å². The molecule has 5 heteroatoms. The molecule has 0 radical (unpaired) electrons. The molecule has 4 nitrogen and oxygen atoms in total. The molecular weight excluding hydrogens is 272 g/mol. The van der Waals surface area contributed by atoms with E-state index in [9.17, 15) is 4.79 Å². The smallest absolute Gasteiger partial charge is 0.305 e. The lowest BCUT2D eigenvalue weighted by Gasteiger charge is -2.31. The number of aryl methyl sites for hydroxylation is 1. The maximum Gasteiger partial charge on any atom is 0.305 e. The molecule has 1 N–H and O–H groups in total. The summed E-state index contributed by atoms with van der Waals surface area (Å²) in [5, 5.41) is 8.95. The van der Waals surface area contributed by atoms with E-state index in [0.29, 0.717) is 6.54 Å². The van der Waals surface area contributed by atoms with Crippen LogP contribution in [0.3, 0.4) is 0 Å². The monoisotopic (exact) mass is 290 g/mol. The van der Waals surface area contributed by atoms with Gasteiger partial charge in [-0.05, 0) is 25.5 Å². The van der Waals surface area contributed by atoms with Crippen molar-refractivity contribution in [1.82, 2.24) is 4.98 Å². The molecule has 0 spiro atoms. The van der Waals surface area contributed by atoms with E-state index in [1.807, 2.05) is 37.4 Å². The number of aliphatic carboxylic acids is 1. The Morgan fingerprint density at radius 3 is 2.80 bits per heavy atom. The second-order valence-electron chi connectivity index (χ2n) is 4.70. The molecule has 0 aliphatic heterocycles. The highest BCUT2D eigenvalue weighted by Gasteiger charge is 2.19. The average Bonchev–Trinajstić information content (AvgIpc) is 2.94. The molecule has 0 bridgehead atoms. The number of hydrogen-bond acceptors (Lipinski definition) is 4.